The third-order valence-electron chi connectivity index (χ3n) is 3.77. The Kier molecular flexibility index (Phi) is 3.16. The fraction of sp³-hybridized carbons (Fsp3) is 0.769. The minimum Gasteiger partial charge on any atom is -0.391 e. The topological polar surface area (TPSA) is 47.3 Å². The van der Waals surface area contributed by atoms with Gasteiger partial charge in [-0.3, -0.25) is 0 Å². The normalized spacial score (nSPS) is 29.0. The van der Waals surface area contributed by atoms with E-state index in [4.69, 9.17) is 4.74 Å². The summed E-state index contributed by atoms with van der Waals surface area (Å²) in [6.07, 6.45) is 7.14. The van der Waals surface area contributed by atoms with Gasteiger partial charge in [0, 0.05) is 32.4 Å². The number of aliphatic hydroxyl groups is 1. The van der Waals surface area contributed by atoms with Gasteiger partial charge in [0.05, 0.1) is 11.8 Å². The van der Waals surface area contributed by atoms with Crippen LogP contribution in [0.1, 0.15) is 30.8 Å². The molecule has 1 aromatic heterocycles. The molecule has 1 fully saturated rings. The summed E-state index contributed by atoms with van der Waals surface area (Å²) in [6.45, 7) is 2.51. The molecule has 2 aliphatic rings. The predicted molar refractivity (Wildman–Crippen MR) is 63.8 cm³/mol. The largest absolute Gasteiger partial charge is 0.391 e. The van der Waals surface area contributed by atoms with Gasteiger partial charge in [-0.05, 0) is 31.6 Å². The highest BCUT2D eigenvalue weighted by Crippen LogP contribution is 2.21. The Morgan fingerprint density at radius 2 is 2.41 bits per heavy atom. The van der Waals surface area contributed by atoms with Crippen LogP contribution in [-0.2, 0) is 24.1 Å². The van der Waals surface area contributed by atoms with Crippen LogP contribution in [0.4, 0.5) is 0 Å². The average molecular weight is 236 g/mol. The highest BCUT2D eigenvalue weighted by Gasteiger charge is 2.20. The van der Waals surface area contributed by atoms with Crippen molar-refractivity contribution in [2.24, 2.45) is 5.92 Å². The molecule has 4 nitrogen and oxygen atoms in total. The van der Waals surface area contributed by atoms with Crippen molar-refractivity contribution in [3.8, 4) is 0 Å². The van der Waals surface area contributed by atoms with Gasteiger partial charge in [-0.25, -0.2) is 4.98 Å². The van der Waals surface area contributed by atoms with Crippen molar-refractivity contribution in [2.75, 3.05) is 13.2 Å². The number of imidazole rings is 1. The first-order valence-corrected chi connectivity index (χ1v) is 6.62. The Morgan fingerprint density at radius 1 is 1.47 bits per heavy atom. The zero-order chi connectivity index (χ0) is 11.7. The smallest absolute Gasteiger partial charge is 0.109 e. The summed E-state index contributed by atoms with van der Waals surface area (Å²) in [5.74, 6) is 1.77. The van der Waals surface area contributed by atoms with Crippen molar-refractivity contribution >= 4 is 0 Å². The maximum atomic E-state index is 9.62. The van der Waals surface area contributed by atoms with Crippen LogP contribution in [0.15, 0.2) is 6.20 Å². The molecule has 0 aliphatic carbocycles. The Labute approximate surface area is 102 Å². The molecule has 0 bridgehead atoms. The summed E-state index contributed by atoms with van der Waals surface area (Å²) in [4.78, 5) is 4.68. The summed E-state index contributed by atoms with van der Waals surface area (Å²) < 4.78 is 7.62. The molecule has 0 amide bonds. The number of fused-ring (bicyclic) bond motifs is 1. The number of hydrogen-bond acceptors (Lipinski definition) is 3. The first-order valence-electron chi connectivity index (χ1n) is 6.62. The van der Waals surface area contributed by atoms with Gasteiger partial charge < -0.3 is 14.4 Å². The number of rotatable bonds is 2. The van der Waals surface area contributed by atoms with Crippen molar-refractivity contribution in [2.45, 2.75) is 44.8 Å². The van der Waals surface area contributed by atoms with E-state index in [2.05, 4.69) is 15.7 Å². The van der Waals surface area contributed by atoms with Crippen LogP contribution in [0.2, 0.25) is 0 Å². The van der Waals surface area contributed by atoms with Gasteiger partial charge >= 0.3 is 0 Å². The molecule has 1 aromatic rings. The van der Waals surface area contributed by atoms with Crippen molar-refractivity contribution < 1.29 is 9.84 Å². The highest BCUT2D eigenvalue weighted by atomic mass is 16.5. The molecule has 3 rings (SSSR count). The van der Waals surface area contributed by atoms with Crippen LogP contribution < -0.4 is 0 Å². The standard InChI is InChI=1S/C13H20N2O2/c16-12-3-4-13-14-11(7-15(13)8-12)6-10-2-1-5-17-9-10/h7,10,12,16H,1-6,8-9H2. The molecule has 94 valence electrons. The molecule has 0 spiro atoms. The van der Waals surface area contributed by atoms with Gasteiger partial charge in [-0.15, -0.1) is 0 Å². The zero-order valence-electron chi connectivity index (χ0n) is 10.1. The third kappa shape index (κ3) is 2.53. The Bertz CT molecular complexity index is 383. The molecular weight excluding hydrogens is 216 g/mol. The fourth-order valence-electron chi connectivity index (χ4n) is 2.85. The second-order valence-corrected chi connectivity index (χ2v) is 5.28. The van der Waals surface area contributed by atoms with Gasteiger partial charge in [-0.2, -0.15) is 0 Å². The van der Waals surface area contributed by atoms with Crippen LogP contribution in [0, 0.1) is 5.92 Å². The van der Waals surface area contributed by atoms with Gasteiger partial charge in [-0.1, -0.05) is 0 Å². The molecule has 17 heavy (non-hydrogen) atoms. The van der Waals surface area contributed by atoms with E-state index in [9.17, 15) is 5.11 Å². The number of hydrogen-bond donors (Lipinski definition) is 1. The van der Waals surface area contributed by atoms with Crippen LogP contribution >= 0.6 is 0 Å². The molecule has 2 aliphatic heterocycles. The van der Waals surface area contributed by atoms with E-state index in [1.54, 1.807) is 0 Å². The predicted octanol–water partition coefficient (Wildman–Crippen LogP) is 1.16. The molecule has 2 unspecified atom stereocenters. The van der Waals surface area contributed by atoms with Crippen LogP contribution in [-0.4, -0.2) is 34.0 Å². The first kappa shape index (κ1) is 11.2. The summed E-state index contributed by atoms with van der Waals surface area (Å²) in [7, 11) is 0. The Hall–Kier alpha value is -0.870. The molecule has 2 atom stereocenters. The number of nitrogens with zero attached hydrogens (tertiary/aromatic N) is 2. The van der Waals surface area contributed by atoms with E-state index in [1.165, 1.54) is 18.5 Å². The van der Waals surface area contributed by atoms with Gasteiger partial charge in [0.25, 0.3) is 0 Å². The number of aromatic nitrogens is 2. The van der Waals surface area contributed by atoms with Gasteiger partial charge in [0.1, 0.15) is 5.82 Å². The summed E-state index contributed by atoms with van der Waals surface area (Å²) in [5, 5.41) is 9.62. The maximum Gasteiger partial charge on any atom is 0.109 e. The molecule has 0 aromatic carbocycles. The molecule has 0 radical (unpaired) electrons. The number of aryl methyl sites for hydroxylation is 1. The lowest BCUT2D eigenvalue weighted by Gasteiger charge is -2.20. The monoisotopic (exact) mass is 236 g/mol. The molecule has 1 saturated heterocycles. The summed E-state index contributed by atoms with van der Waals surface area (Å²) >= 11 is 0. The zero-order valence-corrected chi connectivity index (χ0v) is 10.1. The minimum atomic E-state index is -0.192. The number of aliphatic hydroxyl groups excluding tert-OH is 1. The highest BCUT2D eigenvalue weighted by molar-refractivity contribution is 5.08. The van der Waals surface area contributed by atoms with Crippen molar-refractivity contribution in [3.05, 3.63) is 17.7 Å². The lowest BCUT2D eigenvalue weighted by Crippen LogP contribution is -2.23. The van der Waals surface area contributed by atoms with E-state index in [-0.39, 0.29) is 6.10 Å². The fourth-order valence-corrected chi connectivity index (χ4v) is 2.85. The van der Waals surface area contributed by atoms with Crippen LogP contribution in [0.3, 0.4) is 0 Å². The van der Waals surface area contributed by atoms with E-state index in [0.29, 0.717) is 12.5 Å². The summed E-state index contributed by atoms with van der Waals surface area (Å²) in [6, 6.07) is 0. The van der Waals surface area contributed by atoms with Crippen molar-refractivity contribution in [1.29, 1.82) is 0 Å². The average Bonchev–Trinajstić information content (AvgIpc) is 2.71. The van der Waals surface area contributed by atoms with Crippen molar-refractivity contribution in [1.82, 2.24) is 9.55 Å². The number of ether oxygens (including phenoxy) is 1. The van der Waals surface area contributed by atoms with Gasteiger partial charge in [0.2, 0.25) is 0 Å². The van der Waals surface area contributed by atoms with Crippen molar-refractivity contribution in [3.63, 3.8) is 0 Å². The quantitative estimate of drug-likeness (QED) is 0.838. The molecule has 4 heteroatoms. The Morgan fingerprint density at radius 3 is 3.24 bits per heavy atom. The molecule has 1 N–H and O–H groups in total. The first-order chi connectivity index (χ1) is 8.31. The SMILES string of the molecule is OC1CCc2nc(CC3CCCOC3)cn2C1. The summed E-state index contributed by atoms with van der Waals surface area (Å²) in [5.41, 5.74) is 1.17. The van der Waals surface area contributed by atoms with E-state index in [0.717, 1.165) is 38.3 Å². The second kappa shape index (κ2) is 4.78. The molecular formula is C13H20N2O2. The second-order valence-electron chi connectivity index (χ2n) is 5.28. The van der Waals surface area contributed by atoms with E-state index in [1.807, 2.05) is 0 Å². The van der Waals surface area contributed by atoms with E-state index < -0.39 is 0 Å². The van der Waals surface area contributed by atoms with Crippen LogP contribution in [0.25, 0.3) is 0 Å². The lowest BCUT2D eigenvalue weighted by atomic mass is 9.97. The minimum absolute atomic E-state index is 0.192. The van der Waals surface area contributed by atoms with Gasteiger partial charge in [0.15, 0.2) is 0 Å². The Balaban J connectivity index is 1.67. The molecule has 3 heterocycles. The lowest BCUT2D eigenvalue weighted by molar-refractivity contribution is 0.0547. The molecule has 0 saturated carbocycles. The maximum absolute atomic E-state index is 9.62. The van der Waals surface area contributed by atoms with Crippen LogP contribution in [0.5, 0.6) is 0 Å². The van der Waals surface area contributed by atoms with E-state index >= 15 is 0 Å². The third-order valence-corrected chi connectivity index (χ3v) is 3.77.